The predicted octanol–water partition coefficient (Wildman–Crippen LogP) is 3.21. The molecular formula is C20H23NO5. The quantitative estimate of drug-likeness (QED) is 0.735. The van der Waals surface area contributed by atoms with Gasteiger partial charge in [-0.15, -0.1) is 0 Å². The summed E-state index contributed by atoms with van der Waals surface area (Å²) in [6, 6.07) is 14.1. The Kier molecular flexibility index (Phi) is 7.02. The zero-order valence-electron chi connectivity index (χ0n) is 15.2. The number of carbonyl (C=O) groups excluding carboxylic acids is 2. The molecule has 0 bridgehead atoms. The van der Waals surface area contributed by atoms with Gasteiger partial charge in [-0.1, -0.05) is 19.1 Å². The first-order valence-corrected chi connectivity index (χ1v) is 8.33. The summed E-state index contributed by atoms with van der Waals surface area (Å²) in [6.45, 7) is 1.79. The van der Waals surface area contributed by atoms with Crippen LogP contribution in [0, 0.1) is 0 Å². The fourth-order valence-corrected chi connectivity index (χ4v) is 2.33. The molecule has 0 aliphatic heterocycles. The van der Waals surface area contributed by atoms with Crippen LogP contribution in [0.3, 0.4) is 0 Å². The van der Waals surface area contributed by atoms with Gasteiger partial charge in [-0.25, -0.2) is 0 Å². The number of hydrogen-bond donors (Lipinski definition) is 1. The van der Waals surface area contributed by atoms with E-state index in [2.05, 4.69) is 5.32 Å². The second kappa shape index (κ2) is 9.46. The molecule has 0 saturated heterocycles. The van der Waals surface area contributed by atoms with Gasteiger partial charge in [0.2, 0.25) is 0 Å². The third-order valence-electron chi connectivity index (χ3n) is 3.80. The summed E-state index contributed by atoms with van der Waals surface area (Å²) < 4.78 is 15.5. The standard InChI is InChI=1S/C20H23NO5/c1-4-18(20(23)21-15-7-11-17(25-3)12-8-15)26-19(22)13-14-5-9-16(24-2)10-6-14/h5-12,18H,4,13H2,1-3H3,(H,21,23)/t18-/m0/s1. The van der Waals surface area contributed by atoms with Crippen molar-refractivity contribution in [3.8, 4) is 11.5 Å². The van der Waals surface area contributed by atoms with Gasteiger partial charge < -0.3 is 19.5 Å². The number of nitrogens with one attached hydrogen (secondary N) is 1. The van der Waals surface area contributed by atoms with Crippen molar-refractivity contribution in [2.24, 2.45) is 0 Å². The molecular weight excluding hydrogens is 334 g/mol. The summed E-state index contributed by atoms with van der Waals surface area (Å²) >= 11 is 0. The molecule has 2 aromatic carbocycles. The van der Waals surface area contributed by atoms with Gasteiger partial charge in [-0.3, -0.25) is 9.59 Å². The number of hydrogen-bond acceptors (Lipinski definition) is 5. The monoisotopic (exact) mass is 357 g/mol. The minimum Gasteiger partial charge on any atom is -0.497 e. The number of benzene rings is 2. The van der Waals surface area contributed by atoms with E-state index in [1.807, 2.05) is 0 Å². The Morgan fingerprint density at radius 1 is 0.923 bits per heavy atom. The van der Waals surface area contributed by atoms with Gasteiger partial charge in [0.15, 0.2) is 6.10 Å². The van der Waals surface area contributed by atoms with Crippen LogP contribution in [0.25, 0.3) is 0 Å². The third kappa shape index (κ3) is 5.51. The molecule has 0 spiro atoms. The lowest BCUT2D eigenvalue weighted by Crippen LogP contribution is -2.32. The molecule has 2 aromatic rings. The molecule has 1 N–H and O–H groups in total. The van der Waals surface area contributed by atoms with E-state index in [4.69, 9.17) is 14.2 Å². The number of ether oxygens (including phenoxy) is 3. The minimum atomic E-state index is -0.845. The predicted molar refractivity (Wildman–Crippen MR) is 98.5 cm³/mol. The summed E-state index contributed by atoms with van der Waals surface area (Å²) in [5.74, 6) is 0.598. The maximum atomic E-state index is 12.3. The number of esters is 1. The highest BCUT2D eigenvalue weighted by molar-refractivity contribution is 5.95. The van der Waals surface area contributed by atoms with Crippen molar-refractivity contribution >= 4 is 17.6 Å². The van der Waals surface area contributed by atoms with Gasteiger partial charge in [0.1, 0.15) is 11.5 Å². The Morgan fingerprint density at radius 2 is 1.46 bits per heavy atom. The Balaban J connectivity index is 1.91. The minimum absolute atomic E-state index is 0.0936. The molecule has 0 heterocycles. The van der Waals surface area contributed by atoms with Gasteiger partial charge in [0, 0.05) is 5.69 Å². The summed E-state index contributed by atoms with van der Waals surface area (Å²) in [4.78, 5) is 24.5. The van der Waals surface area contributed by atoms with E-state index in [1.54, 1.807) is 69.7 Å². The molecule has 0 aromatic heterocycles. The molecule has 0 fully saturated rings. The molecule has 0 saturated carbocycles. The number of anilines is 1. The highest BCUT2D eigenvalue weighted by atomic mass is 16.5. The summed E-state index contributed by atoms with van der Waals surface area (Å²) in [5.41, 5.74) is 1.40. The Morgan fingerprint density at radius 3 is 1.96 bits per heavy atom. The van der Waals surface area contributed by atoms with E-state index >= 15 is 0 Å². The number of carbonyl (C=O) groups is 2. The van der Waals surface area contributed by atoms with Gasteiger partial charge in [0.05, 0.1) is 20.6 Å². The van der Waals surface area contributed by atoms with Crippen molar-refractivity contribution in [1.29, 1.82) is 0 Å². The van der Waals surface area contributed by atoms with Crippen molar-refractivity contribution in [2.45, 2.75) is 25.9 Å². The lowest BCUT2D eigenvalue weighted by atomic mass is 10.1. The molecule has 138 valence electrons. The van der Waals surface area contributed by atoms with Crippen LogP contribution in [0.2, 0.25) is 0 Å². The molecule has 0 aliphatic carbocycles. The Hall–Kier alpha value is -3.02. The number of methoxy groups -OCH3 is 2. The van der Waals surface area contributed by atoms with Gasteiger partial charge in [0.25, 0.3) is 5.91 Å². The van der Waals surface area contributed by atoms with Crippen LogP contribution in [-0.4, -0.2) is 32.2 Å². The fraction of sp³-hybridized carbons (Fsp3) is 0.300. The molecule has 1 amide bonds. The van der Waals surface area contributed by atoms with Crippen LogP contribution in [0.4, 0.5) is 5.69 Å². The van der Waals surface area contributed by atoms with E-state index in [-0.39, 0.29) is 12.3 Å². The van der Waals surface area contributed by atoms with Crippen molar-refractivity contribution < 1.29 is 23.8 Å². The second-order valence-corrected chi connectivity index (χ2v) is 5.63. The first-order valence-electron chi connectivity index (χ1n) is 8.33. The van der Waals surface area contributed by atoms with E-state index < -0.39 is 12.1 Å². The average molecular weight is 357 g/mol. The van der Waals surface area contributed by atoms with Crippen molar-refractivity contribution in [3.05, 3.63) is 54.1 Å². The van der Waals surface area contributed by atoms with Crippen molar-refractivity contribution in [3.63, 3.8) is 0 Å². The zero-order valence-corrected chi connectivity index (χ0v) is 15.2. The first kappa shape index (κ1) is 19.3. The molecule has 6 nitrogen and oxygen atoms in total. The van der Waals surface area contributed by atoms with Crippen molar-refractivity contribution in [2.75, 3.05) is 19.5 Å². The Labute approximate surface area is 153 Å². The third-order valence-corrected chi connectivity index (χ3v) is 3.80. The van der Waals surface area contributed by atoms with Crippen LogP contribution < -0.4 is 14.8 Å². The van der Waals surface area contributed by atoms with Gasteiger partial charge in [-0.05, 0) is 48.4 Å². The first-order chi connectivity index (χ1) is 12.5. The Bertz CT molecular complexity index is 725. The van der Waals surface area contributed by atoms with Gasteiger partial charge in [-0.2, -0.15) is 0 Å². The second-order valence-electron chi connectivity index (χ2n) is 5.63. The molecule has 0 aliphatic rings. The largest absolute Gasteiger partial charge is 0.497 e. The maximum absolute atomic E-state index is 12.3. The number of amides is 1. The van der Waals surface area contributed by atoms with Crippen LogP contribution in [-0.2, 0) is 20.7 Å². The molecule has 0 radical (unpaired) electrons. The van der Waals surface area contributed by atoms with Crippen LogP contribution >= 0.6 is 0 Å². The highest BCUT2D eigenvalue weighted by Crippen LogP contribution is 2.16. The van der Waals surface area contributed by atoms with E-state index in [1.165, 1.54) is 0 Å². The van der Waals surface area contributed by atoms with E-state index in [0.29, 0.717) is 23.6 Å². The fourth-order valence-electron chi connectivity index (χ4n) is 2.33. The number of rotatable bonds is 8. The molecule has 1 atom stereocenters. The lowest BCUT2D eigenvalue weighted by molar-refractivity contribution is -0.153. The van der Waals surface area contributed by atoms with Crippen LogP contribution in [0.1, 0.15) is 18.9 Å². The zero-order chi connectivity index (χ0) is 18.9. The topological polar surface area (TPSA) is 73.9 Å². The van der Waals surface area contributed by atoms with E-state index in [9.17, 15) is 9.59 Å². The molecule has 26 heavy (non-hydrogen) atoms. The molecule has 6 heteroatoms. The molecule has 2 rings (SSSR count). The van der Waals surface area contributed by atoms with Gasteiger partial charge >= 0.3 is 5.97 Å². The van der Waals surface area contributed by atoms with Crippen molar-refractivity contribution in [1.82, 2.24) is 0 Å². The molecule has 0 unspecified atom stereocenters. The lowest BCUT2D eigenvalue weighted by Gasteiger charge is -2.16. The highest BCUT2D eigenvalue weighted by Gasteiger charge is 2.21. The average Bonchev–Trinajstić information content (AvgIpc) is 2.67. The summed E-state index contributed by atoms with van der Waals surface area (Å²) in [6.07, 6.45) is -0.366. The maximum Gasteiger partial charge on any atom is 0.311 e. The normalized spacial score (nSPS) is 11.3. The van der Waals surface area contributed by atoms with E-state index in [0.717, 1.165) is 5.56 Å². The van der Waals surface area contributed by atoms with Crippen LogP contribution in [0.5, 0.6) is 11.5 Å². The summed E-state index contributed by atoms with van der Waals surface area (Å²) in [5, 5.41) is 2.74. The van der Waals surface area contributed by atoms with Crippen LogP contribution in [0.15, 0.2) is 48.5 Å². The SMILES string of the molecule is CC[C@H](OC(=O)Cc1ccc(OC)cc1)C(=O)Nc1ccc(OC)cc1. The smallest absolute Gasteiger partial charge is 0.311 e. The summed E-state index contributed by atoms with van der Waals surface area (Å²) in [7, 11) is 3.15.